The van der Waals surface area contributed by atoms with Crippen LogP contribution in [0.25, 0.3) is 0 Å². The van der Waals surface area contributed by atoms with Crippen molar-refractivity contribution < 1.29 is 19.9 Å². The summed E-state index contributed by atoms with van der Waals surface area (Å²) in [5.41, 5.74) is 9.81. The van der Waals surface area contributed by atoms with Crippen molar-refractivity contribution in [3.05, 3.63) is 70.8 Å². The molecule has 0 bridgehead atoms. The lowest BCUT2D eigenvalue weighted by molar-refractivity contribution is -0.133. The molecule has 8 heteroatoms. The quantitative estimate of drug-likeness (QED) is 0.151. The normalized spacial score (nSPS) is 11.8. The van der Waals surface area contributed by atoms with E-state index in [-0.39, 0.29) is 5.56 Å². The fourth-order valence-electron chi connectivity index (χ4n) is 2.65. The van der Waals surface area contributed by atoms with Crippen LogP contribution in [0.4, 0.5) is 0 Å². The molecule has 2 unspecified atom stereocenters. The highest BCUT2D eigenvalue weighted by atomic mass is 16.5. The van der Waals surface area contributed by atoms with Gasteiger partial charge >= 0.3 is 0 Å². The second kappa shape index (κ2) is 12.9. The lowest BCUT2D eigenvalue weighted by Gasteiger charge is -2.19. The van der Waals surface area contributed by atoms with Crippen molar-refractivity contribution in [2.24, 2.45) is 5.73 Å². The van der Waals surface area contributed by atoms with Crippen LogP contribution in [0, 0.1) is 23.7 Å². The van der Waals surface area contributed by atoms with Crippen molar-refractivity contribution in [3.63, 3.8) is 0 Å². The molecule has 0 spiro atoms. The van der Waals surface area contributed by atoms with Crippen molar-refractivity contribution in [1.29, 1.82) is 0 Å². The summed E-state index contributed by atoms with van der Waals surface area (Å²) in [7, 11) is 0. The molecule has 32 heavy (non-hydrogen) atoms. The number of rotatable bonds is 8. The standard InChI is InChI=1S/C24H26N4O4/c1-17(29)22(24(31)28-32)27-23(30)21-12-10-19(11-13-21)5-3-2-4-18-6-8-20(9-7-18)16-26-15-14-25/h6-13,17,22,26,29,32H,14-16,25H2,1H3,(H,27,30)(H,28,31). The summed E-state index contributed by atoms with van der Waals surface area (Å²) in [6.07, 6.45) is -1.18. The highest BCUT2D eigenvalue weighted by Gasteiger charge is 2.25. The molecule has 166 valence electrons. The Labute approximate surface area is 187 Å². The maximum atomic E-state index is 12.3. The van der Waals surface area contributed by atoms with E-state index < -0.39 is 24.0 Å². The highest BCUT2D eigenvalue weighted by molar-refractivity contribution is 5.97. The minimum absolute atomic E-state index is 0.277. The Balaban J connectivity index is 1.95. The van der Waals surface area contributed by atoms with Gasteiger partial charge in [0.05, 0.1) is 6.10 Å². The number of hydrogen-bond donors (Lipinski definition) is 6. The molecule has 0 heterocycles. The zero-order chi connectivity index (χ0) is 23.3. The van der Waals surface area contributed by atoms with Crippen molar-refractivity contribution in [2.75, 3.05) is 13.1 Å². The van der Waals surface area contributed by atoms with E-state index in [1.165, 1.54) is 12.4 Å². The summed E-state index contributed by atoms with van der Waals surface area (Å²) < 4.78 is 0. The smallest absolute Gasteiger partial charge is 0.268 e. The predicted octanol–water partition coefficient (Wildman–Crippen LogP) is 0.123. The largest absolute Gasteiger partial charge is 0.391 e. The Morgan fingerprint density at radius 1 is 1.00 bits per heavy atom. The minimum Gasteiger partial charge on any atom is -0.391 e. The summed E-state index contributed by atoms with van der Waals surface area (Å²) in [5.74, 6) is 9.97. The topological polar surface area (TPSA) is 137 Å². The van der Waals surface area contributed by atoms with Crippen molar-refractivity contribution in [3.8, 4) is 23.7 Å². The van der Waals surface area contributed by atoms with Gasteiger partial charge in [-0.3, -0.25) is 14.8 Å². The average Bonchev–Trinajstić information content (AvgIpc) is 2.81. The zero-order valence-corrected chi connectivity index (χ0v) is 17.7. The van der Waals surface area contributed by atoms with Gasteiger partial charge in [0.1, 0.15) is 6.04 Å². The lowest BCUT2D eigenvalue weighted by Crippen LogP contribution is -2.51. The number of nitrogens with one attached hydrogen (secondary N) is 3. The van der Waals surface area contributed by atoms with Crippen molar-refractivity contribution >= 4 is 11.8 Å². The number of amides is 2. The van der Waals surface area contributed by atoms with Crippen LogP contribution in [0.2, 0.25) is 0 Å². The van der Waals surface area contributed by atoms with E-state index in [4.69, 9.17) is 10.9 Å². The maximum Gasteiger partial charge on any atom is 0.268 e. The molecule has 0 saturated heterocycles. The van der Waals surface area contributed by atoms with Gasteiger partial charge in [0, 0.05) is 36.3 Å². The van der Waals surface area contributed by atoms with Crippen LogP contribution in [-0.4, -0.2) is 47.4 Å². The third-order valence-electron chi connectivity index (χ3n) is 4.39. The molecular formula is C24H26N4O4. The summed E-state index contributed by atoms with van der Waals surface area (Å²) in [6.45, 7) is 3.46. The van der Waals surface area contributed by atoms with Gasteiger partial charge in [0.2, 0.25) is 0 Å². The van der Waals surface area contributed by atoms with Gasteiger partial charge in [-0.25, -0.2) is 5.48 Å². The van der Waals surface area contributed by atoms with Crippen molar-refractivity contribution in [1.82, 2.24) is 16.1 Å². The molecule has 8 nitrogen and oxygen atoms in total. The molecule has 0 saturated carbocycles. The van der Waals surface area contributed by atoms with Crippen LogP contribution in [0.1, 0.15) is 34.0 Å². The molecule has 0 fully saturated rings. The number of hydroxylamine groups is 1. The molecular weight excluding hydrogens is 408 g/mol. The maximum absolute atomic E-state index is 12.3. The van der Waals surface area contributed by atoms with Crippen LogP contribution in [0.5, 0.6) is 0 Å². The first kappa shape index (κ1) is 24.6. The molecule has 0 aliphatic carbocycles. The summed E-state index contributed by atoms with van der Waals surface area (Å²) in [4.78, 5) is 23.8. The Bertz CT molecular complexity index is 1030. The first-order valence-electron chi connectivity index (χ1n) is 9.99. The Hall–Kier alpha value is -3.66. The van der Waals surface area contributed by atoms with Crippen LogP contribution in [-0.2, 0) is 11.3 Å². The highest BCUT2D eigenvalue weighted by Crippen LogP contribution is 2.05. The second-order valence-electron chi connectivity index (χ2n) is 6.91. The van der Waals surface area contributed by atoms with Crippen molar-refractivity contribution in [2.45, 2.75) is 25.6 Å². The van der Waals surface area contributed by atoms with Gasteiger partial charge in [-0.15, -0.1) is 0 Å². The van der Waals surface area contributed by atoms with Gasteiger partial charge in [0.25, 0.3) is 11.8 Å². The Kier molecular flexibility index (Phi) is 9.92. The Morgan fingerprint density at radius 3 is 2.06 bits per heavy atom. The van der Waals surface area contributed by atoms with Gasteiger partial charge in [-0.05, 0) is 60.7 Å². The van der Waals surface area contributed by atoms with Crippen LogP contribution in [0.3, 0.4) is 0 Å². The van der Waals surface area contributed by atoms with E-state index >= 15 is 0 Å². The molecule has 7 N–H and O–H groups in total. The average molecular weight is 434 g/mol. The monoisotopic (exact) mass is 434 g/mol. The van der Waals surface area contributed by atoms with Crippen LogP contribution >= 0.6 is 0 Å². The molecule has 0 aliphatic rings. The van der Waals surface area contributed by atoms with Gasteiger partial charge in [-0.1, -0.05) is 24.0 Å². The molecule has 2 atom stereocenters. The molecule has 0 aliphatic heterocycles. The minimum atomic E-state index is -1.28. The summed E-state index contributed by atoms with van der Waals surface area (Å²) in [6, 6.07) is 13.0. The van der Waals surface area contributed by atoms with E-state index in [2.05, 4.69) is 34.3 Å². The predicted molar refractivity (Wildman–Crippen MR) is 120 cm³/mol. The number of benzene rings is 2. The van der Waals surface area contributed by atoms with Crippen LogP contribution < -0.4 is 21.8 Å². The van der Waals surface area contributed by atoms with Gasteiger partial charge in [-0.2, -0.15) is 0 Å². The number of carbonyl (C=O) groups excluding carboxylic acids is 2. The number of carbonyl (C=O) groups is 2. The van der Waals surface area contributed by atoms with Gasteiger partial charge < -0.3 is 21.5 Å². The number of aliphatic hydroxyl groups is 1. The van der Waals surface area contributed by atoms with Crippen LogP contribution in [0.15, 0.2) is 48.5 Å². The summed E-state index contributed by atoms with van der Waals surface area (Å²) >= 11 is 0. The number of aliphatic hydroxyl groups excluding tert-OH is 1. The van der Waals surface area contributed by atoms with E-state index in [1.807, 2.05) is 24.3 Å². The molecule has 2 aromatic carbocycles. The number of nitrogens with two attached hydrogens (primary N) is 1. The fraction of sp³-hybridized carbons (Fsp3) is 0.250. The van der Waals surface area contributed by atoms with E-state index in [0.29, 0.717) is 12.1 Å². The molecule has 0 aromatic heterocycles. The number of hydrogen-bond acceptors (Lipinski definition) is 6. The third kappa shape index (κ3) is 7.88. The van der Waals surface area contributed by atoms with E-state index in [9.17, 15) is 14.7 Å². The molecule has 2 aromatic rings. The molecule has 2 rings (SSSR count). The van der Waals surface area contributed by atoms with Gasteiger partial charge in [0.15, 0.2) is 0 Å². The SMILES string of the molecule is CC(O)C(NC(=O)c1ccc(C#CC#Cc2ccc(CNCCN)cc2)cc1)C(=O)NO. The van der Waals surface area contributed by atoms with E-state index in [0.717, 1.165) is 24.2 Å². The first-order valence-corrected chi connectivity index (χ1v) is 9.99. The molecule has 0 radical (unpaired) electrons. The first-order chi connectivity index (χ1) is 15.4. The fourth-order valence-corrected chi connectivity index (χ4v) is 2.65. The Morgan fingerprint density at radius 2 is 1.56 bits per heavy atom. The van der Waals surface area contributed by atoms with E-state index in [1.54, 1.807) is 24.3 Å². The summed E-state index contributed by atoms with van der Waals surface area (Å²) in [5, 5.41) is 23.9. The zero-order valence-electron chi connectivity index (χ0n) is 17.7. The molecule has 2 amide bonds. The third-order valence-corrected chi connectivity index (χ3v) is 4.39. The second-order valence-corrected chi connectivity index (χ2v) is 6.91. The lowest BCUT2D eigenvalue weighted by atomic mass is 10.1.